The normalized spacial score (nSPS) is 16.9. The summed E-state index contributed by atoms with van der Waals surface area (Å²) in [6.45, 7) is 1.88. The summed E-state index contributed by atoms with van der Waals surface area (Å²) in [7, 11) is 0. The van der Waals surface area contributed by atoms with Gasteiger partial charge in [-0.3, -0.25) is 4.98 Å². The first-order valence-electron chi connectivity index (χ1n) is 5.39. The number of hydrogen-bond donors (Lipinski definition) is 1. The van der Waals surface area contributed by atoms with Crippen LogP contribution in [0.4, 0.5) is 5.95 Å². The van der Waals surface area contributed by atoms with Gasteiger partial charge in [0, 0.05) is 13.1 Å². The smallest absolute Gasteiger partial charge is 0.342 e. The van der Waals surface area contributed by atoms with Gasteiger partial charge in [0.1, 0.15) is 6.33 Å². The van der Waals surface area contributed by atoms with E-state index in [1.807, 2.05) is 0 Å². The van der Waals surface area contributed by atoms with E-state index >= 15 is 0 Å². The second kappa shape index (κ2) is 3.58. The number of fused-ring (bicyclic) bond motifs is 1. The van der Waals surface area contributed by atoms with Gasteiger partial charge in [-0.05, 0) is 19.3 Å². The van der Waals surface area contributed by atoms with Crippen molar-refractivity contribution in [1.82, 2.24) is 24.6 Å². The SMILES string of the molecule is O=c1[nH]c(N2CCCCC2)nc2ncnn12. The second-order valence-corrected chi connectivity index (χ2v) is 3.89. The third-order valence-corrected chi connectivity index (χ3v) is 2.80. The lowest BCUT2D eigenvalue weighted by atomic mass is 10.1. The van der Waals surface area contributed by atoms with Crippen molar-refractivity contribution in [3.8, 4) is 0 Å². The van der Waals surface area contributed by atoms with Gasteiger partial charge in [0.2, 0.25) is 5.95 Å². The molecule has 0 saturated carbocycles. The number of nitrogens with one attached hydrogen (secondary N) is 1. The van der Waals surface area contributed by atoms with Crippen LogP contribution >= 0.6 is 0 Å². The molecule has 7 heteroatoms. The summed E-state index contributed by atoms with van der Waals surface area (Å²) in [5.41, 5.74) is -0.289. The first-order valence-corrected chi connectivity index (χ1v) is 5.39. The van der Waals surface area contributed by atoms with Gasteiger partial charge in [-0.15, -0.1) is 9.61 Å². The number of hydrogen-bond acceptors (Lipinski definition) is 5. The lowest BCUT2D eigenvalue weighted by Crippen LogP contribution is -2.33. The maximum atomic E-state index is 11.6. The summed E-state index contributed by atoms with van der Waals surface area (Å²) in [6.07, 6.45) is 4.86. The molecule has 1 fully saturated rings. The van der Waals surface area contributed by atoms with Crippen LogP contribution in [0.25, 0.3) is 5.78 Å². The molecule has 84 valence electrons. The number of aromatic nitrogens is 5. The van der Waals surface area contributed by atoms with Gasteiger partial charge in [-0.1, -0.05) is 0 Å². The quantitative estimate of drug-likeness (QED) is 0.720. The molecule has 0 amide bonds. The summed E-state index contributed by atoms with van der Waals surface area (Å²) in [6, 6.07) is 0. The van der Waals surface area contributed by atoms with E-state index in [9.17, 15) is 4.79 Å². The largest absolute Gasteiger partial charge is 0.352 e. The highest BCUT2D eigenvalue weighted by molar-refractivity contribution is 5.36. The number of nitrogens with zero attached hydrogens (tertiary/aromatic N) is 5. The highest BCUT2D eigenvalue weighted by atomic mass is 16.1. The Morgan fingerprint density at radius 1 is 1.25 bits per heavy atom. The van der Waals surface area contributed by atoms with Crippen LogP contribution in [0.3, 0.4) is 0 Å². The van der Waals surface area contributed by atoms with Gasteiger partial charge in [-0.25, -0.2) is 4.79 Å². The number of H-pyrrole nitrogens is 1. The molecule has 0 aromatic carbocycles. The maximum absolute atomic E-state index is 11.6. The fourth-order valence-electron chi connectivity index (χ4n) is 1.98. The standard InChI is InChI=1S/C9H12N6O/c16-9-13-8(14-4-2-1-3-5-14)12-7-10-6-11-15(7)9/h6H,1-5H2,(H,10,11,12,13,16). The summed E-state index contributed by atoms with van der Waals surface area (Å²) >= 11 is 0. The molecule has 7 nitrogen and oxygen atoms in total. The van der Waals surface area contributed by atoms with E-state index in [0.717, 1.165) is 30.4 Å². The Kier molecular flexibility index (Phi) is 2.09. The van der Waals surface area contributed by atoms with Crippen LogP contribution in [-0.2, 0) is 0 Å². The van der Waals surface area contributed by atoms with Crippen molar-refractivity contribution in [2.24, 2.45) is 0 Å². The predicted molar refractivity (Wildman–Crippen MR) is 57.5 cm³/mol. The summed E-state index contributed by atoms with van der Waals surface area (Å²) in [4.78, 5) is 24.7. The first kappa shape index (κ1) is 9.32. The van der Waals surface area contributed by atoms with Crippen LogP contribution in [-0.4, -0.2) is 37.7 Å². The Balaban J connectivity index is 2.06. The van der Waals surface area contributed by atoms with Gasteiger partial charge in [0.15, 0.2) is 0 Å². The zero-order chi connectivity index (χ0) is 11.0. The average Bonchev–Trinajstić information content (AvgIpc) is 2.79. The van der Waals surface area contributed by atoms with E-state index in [1.165, 1.54) is 12.7 Å². The van der Waals surface area contributed by atoms with Crippen LogP contribution in [0.15, 0.2) is 11.1 Å². The van der Waals surface area contributed by atoms with E-state index in [1.54, 1.807) is 0 Å². The van der Waals surface area contributed by atoms with Crippen molar-refractivity contribution in [2.75, 3.05) is 18.0 Å². The molecule has 0 spiro atoms. The summed E-state index contributed by atoms with van der Waals surface area (Å²) in [5.74, 6) is 0.953. The maximum Gasteiger partial charge on any atom is 0.352 e. The van der Waals surface area contributed by atoms with E-state index in [4.69, 9.17) is 0 Å². The molecular formula is C9H12N6O. The average molecular weight is 220 g/mol. The molecule has 1 saturated heterocycles. The lowest BCUT2D eigenvalue weighted by Gasteiger charge is -2.26. The van der Waals surface area contributed by atoms with E-state index in [2.05, 4.69) is 25.0 Å². The highest BCUT2D eigenvalue weighted by Crippen LogP contribution is 2.13. The predicted octanol–water partition coefficient (Wildman–Crippen LogP) is -0.197. The highest BCUT2D eigenvalue weighted by Gasteiger charge is 2.14. The van der Waals surface area contributed by atoms with Crippen LogP contribution in [0.1, 0.15) is 19.3 Å². The zero-order valence-electron chi connectivity index (χ0n) is 8.76. The van der Waals surface area contributed by atoms with Crippen molar-refractivity contribution in [3.05, 3.63) is 16.8 Å². The van der Waals surface area contributed by atoms with Crippen LogP contribution < -0.4 is 10.6 Å². The fourth-order valence-corrected chi connectivity index (χ4v) is 1.98. The minimum Gasteiger partial charge on any atom is -0.342 e. The molecule has 16 heavy (non-hydrogen) atoms. The molecule has 3 rings (SSSR count). The molecular weight excluding hydrogens is 208 g/mol. The number of anilines is 1. The zero-order valence-corrected chi connectivity index (χ0v) is 8.76. The van der Waals surface area contributed by atoms with Gasteiger partial charge < -0.3 is 4.90 Å². The molecule has 0 bridgehead atoms. The number of rotatable bonds is 1. The molecule has 1 N–H and O–H groups in total. The fraction of sp³-hybridized carbons (Fsp3) is 0.556. The molecule has 0 atom stereocenters. The molecule has 0 unspecified atom stereocenters. The van der Waals surface area contributed by atoms with Crippen molar-refractivity contribution in [2.45, 2.75) is 19.3 Å². The van der Waals surface area contributed by atoms with Crippen molar-refractivity contribution in [1.29, 1.82) is 0 Å². The number of aromatic amines is 1. The topological polar surface area (TPSA) is 79.2 Å². The van der Waals surface area contributed by atoms with Gasteiger partial charge >= 0.3 is 5.69 Å². The van der Waals surface area contributed by atoms with E-state index in [-0.39, 0.29) is 5.69 Å². The van der Waals surface area contributed by atoms with Crippen molar-refractivity contribution >= 4 is 11.7 Å². The third kappa shape index (κ3) is 1.44. The minimum atomic E-state index is -0.289. The van der Waals surface area contributed by atoms with E-state index in [0.29, 0.717) is 11.7 Å². The van der Waals surface area contributed by atoms with Crippen LogP contribution in [0.2, 0.25) is 0 Å². The summed E-state index contributed by atoms with van der Waals surface area (Å²) < 4.78 is 1.16. The Hall–Kier alpha value is -1.92. The first-order chi connectivity index (χ1) is 7.84. The molecule has 1 aliphatic heterocycles. The third-order valence-electron chi connectivity index (χ3n) is 2.80. The Morgan fingerprint density at radius 2 is 2.06 bits per heavy atom. The van der Waals surface area contributed by atoms with Gasteiger partial charge in [0.05, 0.1) is 0 Å². The summed E-state index contributed by atoms with van der Waals surface area (Å²) in [5, 5.41) is 3.79. The minimum absolute atomic E-state index is 0.289. The lowest BCUT2D eigenvalue weighted by molar-refractivity contribution is 0.566. The molecule has 2 aromatic heterocycles. The molecule has 1 aliphatic rings. The Labute approximate surface area is 91.1 Å². The van der Waals surface area contributed by atoms with Crippen LogP contribution in [0.5, 0.6) is 0 Å². The van der Waals surface area contributed by atoms with E-state index < -0.39 is 0 Å². The number of piperidine rings is 1. The molecule has 0 aliphatic carbocycles. The Bertz CT molecular complexity index is 552. The molecule has 2 aromatic rings. The van der Waals surface area contributed by atoms with Gasteiger partial charge in [-0.2, -0.15) is 9.97 Å². The van der Waals surface area contributed by atoms with Crippen molar-refractivity contribution < 1.29 is 0 Å². The monoisotopic (exact) mass is 220 g/mol. The molecule has 3 heterocycles. The molecule has 0 radical (unpaired) electrons. The van der Waals surface area contributed by atoms with Crippen LogP contribution in [0, 0.1) is 0 Å². The van der Waals surface area contributed by atoms with Crippen molar-refractivity contribution in [3.63, 3.8) is 0 Å². The second-order valence-electron chi connectivity index (χ2n) is 3.89. The Morgan fingerprint density at radius 3 is 2.88 bits per heavy atom. The van der Waals surface area contributed by atoms with Gasteiger partial charge in [0.25, 0.3) is 5.78 Å².